The number of piperidine rings is 1. The average Bonchev–Trinajstić information content (AvgIpc) is 2.65. The smallest absolute Gasteiger partial charge is 0.227 e. The number of benzene rings is 2. The van der Waals surface area contributed by atoms with E-state index in [1.807, 2.05) is 55.5 Å². The normalized spacial score (nSPS) is 18.9. The van der Waals surface area contributed by atoms with E-state index in [4.69, 9.17) is 9.47 Å². The molecule has 6 heteroatoms. The maximum absolute atomic E-state index is 12.4. The number of hydrogen-bond acceptors (Lipinski definition) is 4. The fourth-order valence-electron chi connectivity index (χ4n) is 3.13. The molecule has 27 heavy (non-hydrogen) atoms. The van der Waals surface area contributed by atoms with E-state index in [-0.39, 0.29) is 24.2 Å². The summed E-state index contributed by atoms with van der Waals surface area (Å²) in [6.45, 7) is 5.61. The van der Waals surface area contributed by atoms with Crippen molar-refractivity contribution in [3.63, 3.8) is 0 Å². The molecule has 3 rings (SSSR count). The van der Waals surface area contributed by atoms with Gasteiger partial charge >= 0.3 is 0 Å². The zero-order valence-electron chi connectivity index (χ0n) is 15.7. The van der Waals surface area contributed by atoms with E-state index >= 15 is 0 Å². The minimum atomic E-state index is 0. The molecule has 1 saturated heterocycles. The van der Waals surface area contributed by atoms with Crippen LogP contribution in [0.25, 0.3) is 0 Å². The summed E-state index contributed by atoms with van der Waals surface area (Å²) in [7, 11) is 0. The molecule has 0 radical (unpaired) electrons. The van der Waals surface area contributed by atoms with Crippen molar-refractivity contribution in [1.29, 1.82) is 0 Å². The van der Waals surface area contributed by atoms with Crippen LogP contribution in [-0.2, 0) is 4.79 Å². The highest BCUT2D eigenvalue weighted by molar-refractivity contribution is 5.92. The quantitative estimate of drug-likeness (QED) is 0.755. The van der Waals surface area contributed by atoms with Crippen LogP contribution < -0.4 is 20.1 Å². The Hall–Kier alpha value is -2.24. The molecular formula is C21H27ClN2O3. The summed E-state index contributed by atoms with van der Waals surface area (Å²) in [5.41, 5.74) is 0.792. The molecule has 0 aliphatic carbocycles. The van der Waals surface area contributed by atoms with Crippen LogP contribution in [0, 0.1) is 5.92 Å². The van der Waals surface area contributed by atoms with E-state index in [1.54, 1.807) is 0 Å². The molecule has 1 fully saturated rings. The van der Waals surface area contributed by atoms with Crippen molar-refractivity contribution in [1.82, 2.24) is 5.32 Å². The average molecular weight is 391 g/mol. The van der Waals surface area contributed by atoms with Gasteiger partial charge in [-0.1, -0.05) is 0 Å². The van der Waals surface area contributed by atoms with E-state index in [2.05, 4.69) is 17.6 Å². The first-order valence-corrected chi connectivity index (χ1v) is 9.19. The zero-order valence-corrected chi connectivity index (χ0v) is 16.6. The molecule has 2 N–H and O–H groups in total. The van der Waals surface area contributed by atoms with Crippen LogP contribution in [0.5, 0.6) is 17.2 Å². The first-order valence-electron chi connectivity index (χ1n) is 9.19. The minimum Gasteiger partial charge on any atom is -0.494 e. The topological polar surface area (TPSA) is 59.6 Å². The van der Waals surface area contributed by atoms with Crippen molar-refractivity contribution in [3.05, 3.63) is 48.5 Å². The number of rotatable bonds is 6. The Labute approximate surface area is 166 Å². The second-order valence-electron chi connectivity index (χ2n) is 6.60. The Kier molecular flexibility index (Phi) is 7.95. The Morgan fingerprint density at radius 2 is 1.67 bits per heavy atom. The van der Waals surface area contributed by atoms with Crippen molar-refractivity contribution in [2.45, 2.75) is 32.7 Å². The molecule has 5 nitrogen and oxygen atoms in total. The number of carbonyl (C=O) groups excluding carboxylic acids is 1. The fraction of sp³-hybridized carbons (Fsp3) is 0.381. The predicted octanol–water partition coefficient (Wildman–Crippen LogP) is 4.63. The van der Waals surface area contributed by atoms with E-state index in [1.165, 1.54) is 0 Å². The van der Waals surface area contributed by atoms with Crippen LogP contribution in [0.2, 0.25) is 0 Å². The number of carbonyl (C=O) groups is 1. The fourth-order valence-corrected chi connectivity index (χ4v) is 3.13. The third-order valence-electron chi connectivity index (χ3n) is 4.49. The van der Waals surface area contributed by atoms with Gasteiger partial charge in [0.05, 0.1) is 6.61 Å². The van der Waals surface area contributed by atoms with E-state index in [0.717, 1.165) is 42.3 Å². The summed E-state index contributed by atoms with van der Waals surface area (Å²) in [6.07, 6.45) is 1.76. The SMILES string of the molecule is CCOc1ccc(Oc2ccc(NC(=O)[C@H]3CCN[C@@H](C)C3)cc2)cc1.Cl. The van der Waals surface area contributed by atoms with Gasteiger partial charge in [0.15, 0.2) is 0 Å². The summed E-state index contributed by atoms with van der Waals surface area (Å²) in [5, 5.41) is 6.37. The number of hydrogen-bond donors (Lipinski definition) is 2. The third-order valence-corrected chi connectivity index (χ3v) is 4.49. The van der Waals surface area contributed by atoms with Crippen LogP contribution in [0.1, 0.15) is 26.7 Å². The first kappa shape index (κ1) is 21.1. The van der Waals surface area contributed by atoms with Gasteiger partial charge in [0.2, 0.25) is 5.91 Å². The second-order valence-corrected chi connectivity index (χ2v) is 6.60. The molecule has 2 aromatic carbocycles. The molecule has 0 unspecified atom stereocenters. The molecule has 2 aromatic rings. The summed E-state index contributed by atoms with van der Waals surface area (Å²) >= 11 is 0. The highest BCUT2D eigenvalue weighted by atomic mass is 35.5. The van der Waals surface area contributed by atoms with Gasteiger partial charge in [0.25, 0.3) is 0 Å². The molecule has 1 heterocycles. The van der Waals surface area contributed by atoms with Gasteiger partial charge < -0.3 is 20.1 Å². The molecule has 0 bridgehead atoms. The van der Waals surface area contributed by atoms with Gasteiger partial charge in [-0.3, -0.25) is 4.79 Å². The lowest BCUT2D eigenvalue weighted by Crippen LogP contribution is -2.40. The Balaban J connectivity index is 0.00000261. The molecular weight excluding hydrogens is 364 g/mol. The van der Waals surface area contributed by atoms with Gasteiger partial charge in [-0.05, 0) is 81.8 Å². The summed E-state index contributed by atoms with van der Waals surface area (Å²) in [5.74, 6) is 2.46. The molecule has 146 valence electrons. The molecule has 1 aliphatic rings. The van der Waals surface area contributed by atoms with Crippen molar-refractivity contribution in [3.8, 4) is 17.2 Å². The molecule has 0 saturated carbocycles. The molecule has 1 aliphatic heterocycles. The van der Waals surface area contributed by atoms with E-state index in [0.29, 0.717) is 12.6 Å². The van der Waals surface area contributed by atoms with Gasteiger partial charge in [0.1, 0.15) is 17.2 Å². The standard InChI is InChI=1S/C21H26N2O3.ClH/c1-3-25-18-8-10-20(11-9-18)26-19-6-4-17(5-7-19)23-21(24)16-12-13-22-15(2)14-16;/h4-11,15-16,22H,3,12-14H2,1-2H3,(H,23,24);1H/t15-,16-;/m0./s1. The number of ether oxygens (including phenoxy) is 2. The highest BCUT2D eigenvalue weighted by Gasteiger charge is 2.24. The largest absolute Gasteiger partial charge is 0.494 e. The summed E-state index contributed by atoms with van der Waals surface area (Å²) in [4.78, 5) is 12.4. The van der Waals surface area contributed by atoms with Gasteiger partial charge in [-0.25, -0.2) is 0 Å². The second kappa shape index (κ2) is 10.2. The first-order chi connectivity index (χ1) is 12.6. The maximum Gasteiger partial charge on any atom is 0.227 e. The van der Waals surface area contributed by atoms with Crippen molar-refractivity contribution in [2.75, 3.05) is 18.5 Å². The van der Waals surface area contributed by atoms with Crippen LogP contribution in [0.3, 0.4) is 0 Å². The van der Waals surface area contributed by atoms with Crippen LogP contribution in [0.4, 0.5) is 5.69 Å². The van der Waals surface area contributed by atoms with Crippen LogP contribution in [0.15, 0.2) is 48.5 Å². The molecule has 2 atom stereocenters. The number of anilines is 1. The van der Waals surface area contributed by atoms with Crippen molar-refractivity contribution < 1.29 is 14.3 Å². The Morgan fingerprint density at radius 1 is 1.07 bits per heavy atom. The van der Waals surface area contributed by atoms with Crippen LogP contribution in [-0.4, -0.2) is 25.1 Å². The lowest BCUT2D eigenvalue weighted by molar-refractivity contribution is -0.120. The number of nitrogens with one attached hydrogen (secondary N) is 2. The third kappa shape index (κ3) is 6.15. The maximum atomic E-state index is 12.4. The number of amides is 1. The van der Waals surface area contributed by atoms with Gasteiger partial charge in [-0.15, -0.1) is 12.4 Å². The lowest BCUT2D eigenvalue weighted by atomic mass is 9.92. The Bertz CT molecular complexity index is 719. The van der Waals surface area contributed by atoms with Gasteiger partial charge in [0, 0.05) is 17.6 Å². The van der Waals surface area contributed by atoms with Crippen LogP contribution >= 0.6 is 12.4 Å². The summed E-state index contributed by atoms with van der Waals surface area (Å²) in [6, 6.07) is 15.4. The lowest BCUT2D eigenvalue weighted by Gasteiger charge is -2.27. The van der Waals surface area contributed by atoms with Crippen molar-refractivity contribution >= 4 is 24.0 Å². The van der Waals surface area contributed by atoms with E-state index < -0.39 is 0 Å². The van der Waals surface area contributed by atoms with Crippen molar-refractivity contribution in [2.24, 2.45) is 5.92 Å². The zero-order chi connectivity index (χ0) is 18.4. The predicted molar refractivity (Wildman–Crippen MR) is 110 cm³/mol. The van der Waals surface area contributed by atoms with E-state index in [9.17, 15) is 4.79 Å². The summed E-state index contributed by atoms with van der Waals surface area (Å²) < 4.78 is 11.2. The highest BCUT2D eigenvalue weighted by Crippen LogP contribution is 2.26. The molecule has 0 spiro atoms. The Morgan fingerprint density at radius 3 is 2.26 bits per heavy atom. The molecule has 1 amide bonds. The minimum absolute atomic E-state index is 0. The van der Waals surface area contributed by atoms with Gasteiger partial charge in [-0.2, -0.15) is 0 Å². The number of halogens is 1. The monoisotopic (exact) mass is 390 g/mol. The molecule has 0 aromatic heterocycles.